The van der Waals surface area contributed by atoms with Crippen molar-refractivity contribution in [3.05, 3.63) is 23.7 Å². The lowest BCUT2D eigenvalue weighted by atomic mass is 9.49. The number of aryl methyl sites for hydroxylation is 1. The third-order valence-electron chi connectivity index (χ3n) is 6.32. The quantitative estimate of drug-likeness (QED) is 0.633. The Labute approximate surface area is 149 Å². The van der Waals surface area contributed by atoms with E-state index in [-0.39, 0.29) is 12.5 Å². The molecule has 0 aliphatic heterocycles. The average molecular weight is 344 g/mol. The monoisotopic (exact) mass is 344 g/mol. The minimum absolute atomic E-state index is 0.0383. The summed E-state index contributed by atoms with van der Waals surface area (Å²) < 4.78 is 5.48. The largest absolute Gasteiger partial charge is 0.460 e. The first-order valence-electron chi connectivity index (χ1n) is 9.51. The number of carbonyl (C=O) groups excluding carboxylic acids is 1. The Morgan fingerprint density at radius 3 is 2.44 bits per heavy atom. The average Bonchev–Trinajstić information content (AvgIpc) is 2.98. The Balaban J connectivity index is 1.24. The number of hydrogen-bond acceptors (Lipinski definition) is 4. The van der Waals surface area contributed by atoms with E-state index in [1.165, 1.54) is 38.5 Å². The molecule has 4 aliphatic carbocycles. The van der Waals surface area contributed by atoms with E-state index in [0.29, 0.717) is 16.9 Å². The van der Waals surface area contributed by atoms with Gasteiger partial charge in [0, 0.05) is 6.54 Å². The van der Waals surface area contributed by atoms with Crippen LogP contribution >= 0.6 is 0 Å². The standard InChI is InChI=1S/C20H28N2O3/c1-13-3-4-18(25-13)14(2)22-24-11-19(23)21-12-20-8-15-5-16(9-20)7-17(6-15)10-20/h3-4,15-17H,5-12H2,1-2H3,(H,21,23). The molecule has 4 saturated carbocycles. The maximum atomic E-state index is 12.1. The van der Waals surface area contributed by atoms with Gasteiger partial charge in [0.05, 0.1) is 0 Å². The third-order valence-corrected chi connectivity index (χ3v) is 6.32. The number of oxime groups is 1. The van der Waals surface area contributed by atoms with E-state index in [4.69, 9.17) is 9.25 Å². The van der Waals surface area contributed by atoms with Crippen LogP contribution in [0.25, 0.3) is 0 Å². The molecule has 136 valence electrons. The van der Waals surface area contributed by atoms with Crippen molar-refractivity contribution in [3.63, 3.8) is 0 Å². The van der Waals surface area contributed by atoms with Crippen molar-refractivity contribution in [1.29, 1.82) is 0 Å². The van der Waals surface area contributed by atoms with Crippen LogP contribution in [0, 0.1) is 30.1 Å². The van der Waals surface area contributed by atoms with Crippen LogP contribution in [0.1, 0.15) is 57.0 Å². The molecule has 1 heterocycles. The molecule has 1 N–H and O–H groups in total. The van der Waals surface area contributed by atoms with Gasteiger partial charge in [-0.25, -0.2) is 0 Å². The Morgan fingerprint density at radius 1 is 1.24 bits per heavy atom. The summed E-state index contributed by atoms with van der Waals surface area (Å²) in [6.45, 7) is 4.46. The lowest BCUT2D eigenvalue weighted by molar-refractivity contribution is -0.127. The fraction of sp³-hybridized carbons (Fsp3) is 0.700. The van der Waals surface area contributed by atoms with Crippen molar-refractivity contribution in [2.24, 2.45) is 28.3 Å². The van der Waals surface area contributed by atoms with Crippen molar-refractivity contribution < 1.29 is 14.0 Å². The van der Waals surface area contributed by atoms with E-state index in [1.54, 1.807) is 0 Å². The zero-order chi connectivity index (χ0) is 17.4. The lowest BCUT2D eigenvalue weighted by Crippen LogP contribution is -2.51. The molecule has 0 spiro atoms. The summed E-state index contributed by atoms with van der Waals surface area (Å²) in [5, 5.41) is 7.09. The van der Waals surface area contributed by atoms with Gasteiger partial charge in [-0.05, 0) is 87.7 Å². The highest BCUT2D eigenvalue weighted by Crippen LogP contribution is 2.59. The van der Waals surface area contributed by atoms with Crippen LogP contribution in [-0.2, 0) is 9.63 Å². The van der Waals surface area contributed by atoms with Gasteiger partial charge in [-0.3, -0.25) is 4.79 Å². The van der Waals surface area contributed by atoms with Crippen LogP contribution in [0.15, 0.2) is 21.7 Å². The molecule has 0 aromatic carbocycles. The molecule has 0 radical (unpaired) electrons. The Morgan fingerprint density at radius 2 is 1.88 bits per heavy atom. The van der Waals surface area contributed by atoms with Gasteiger partial charge < -0.3 is 14.6 Å². The number of nitrogens with one attached hydrogen (secondary N) is 1. The first-order chi connectivity index (χ1) is 12.0. The minimum Gasteiger partial charge on any atom is -0.460 e. The van der Waals surface area contributed by atoms with Crippen LogP contribution in [-0.4, -0.2) is 24.8 Å². The molecule has 1 aromatic heterocycles. The summed E-state index contributed by atoms with van der Waals surface area (Å²) in [6.07, 6.45) is 8.18. The van der Waals surface area contributed by atoms with Gasteiger partial charge in [0.15, 0.2) is 12.4 Å². The van der Waals surface area contributed by atoms with Crippen molar-refractivity contribution in [2.75, 3.05) is 13.2 Å². The molecular weight excluding hydrogens is 316 g/mol. The van der Waals surface area contributed by atoms with E-state index in [1.807, 2.05) is 26.0 Å². The zero-order valence-corrected chi connectivity index (χ0v) is 15.2. The Kier molecular flexibility index (Phi) is 4.34. The molecular formula is C20H28N2O3. The fourth-order valence-corrected chi connectivity index (χ4v) is 5.71. The molecule has 1 aromatic rings. The topological polar surface area (TPSA) is 63.8 Å². The highest BCUT2D eigenvalue weighted by molar-refractivity contribution is 5.95. The third kappa shape index (κ3) is 3.60. The first kappa shape index (κ1) is 16.7. The van der Waals surface area contributed by atoms with Crippen LogP contribution in [0.3, 0.4) is 0 Å². The molecule has 4 bridgehead atoms. The number of rotatable bonds is 6. The fourth-order valence-electron chi connectivity index (χ4n) is 5.71. The number of hydrogen-bond donors (Lipinski definition) is 1. The van der Waals surface area contributed by atoms with Gasteiger partial charge in [0.25, 0.3) is 5.91 Å². The normalized spacial score (nSPS) is 33.5. The van der Waals surface area contributed by atoms with E-state index >= 15 is 0 Å². The van der Waals surface area contributed by atoms with Crippen LogP contribution in [0.2, 0.25) is 0 Å². The van der Waals surface area contributed by atoms with Crippen molar-refractivity contribution in [1.82, 2.24) is 5.32 Å². The summed E-state index contributed by atoms with van der Waals surface area (Å²) in [6, 6.07) is 3.73. The van der Waals surface area contributed by atoms with Gasteiger partial charge >= 0.3 is 0 Å². The second kappa shape index (κ2) is 6.50. The molecule has 4 aliphatic rings. The minimum atomic E-state index is -0.0806. The lowest BCUT2D eigenvalue weighted by Gasteiger charge is -2.56. The highest BCUT2D eigenvalue weighted by atomic mass is 16.6. The Bertz CT molecular complexity index is 641. The van der Waals surface area contributed by atoms with E-state index < -0.39 is 0 Å². The SMILES string of the molecule is CC(=NOCC(=O)NCC12CC3CC(CC(C3)C1)C2)c1ccc(C)o1. The zero-order valence-electron chi connectivity index (χ0n) is 15.2. The van der Waals surface area contributed by atoms with Crippen molar-refractivity contribution in [3.8, 4) is 0 Å². The second-order valence-corrected chi connectivity index (χ2v) is 8.55. The molecule has 5 heteroatoms. The molecule has 0 unspecified atom stereocenters. The molecule has 5 rings (SSSR count). The molecule has 0 saturated heterocycles. The summed E-state index contributed by atoms with van der Waals surface area (Å²) in [5.74, 6) is 4.14. The second-order valence-electron chi connectivity index (χ2n) is 8.55. The smallest absolute Gasteiger partial charge is 0.260 e. The van der Waals surface area contributed by atoms with Gasteiger partial charge in [0.1, 0.15) is 11.5 Å². The molecule has 4 fully saturated rings. The summed E-state index contributed by atoms with van der Waals surface area (Å²) >= 11 is 0. The number of nitrogens with zero attached hydrogens (tertiary/aromatic N) is 1. The Hall–Kier alpha value is -1.78. The van der Waals surface area contributed by atoms with Crippen molar-refractivity contribution in [2.45, 2.75) is 52.4 Å². The van der Waals surface area contributed by atoms with Gasteiger partial charge in [-0.1, -0.05) is 5.16 Å². The van der Waals surface area contributed by atoms with Gasteiger partial charge in [-0.15, -0.1) is 0 Å². The maximum Gasteiger partial charge on any atom is 0.260 e. The first-order valence-corrected chi connectivity index (χ1v) is 9.51. The summed E-state index contributed by atoms with van der Waals surface area (Å²) in [4.78, 5) is 17.3. The maximum absolute atomic E-state index is 12.1. The predicted molar refractivity (Wildman–Crippen MR) is 95.2 cm³/mol. The van der Waals surface area contributed by atoms with Gasteiger partial charge in [0.2, 0.25) is 0 Å². The molecule has 0 atom stereocenters. The van der Waals surface area contributed by atoms with E-state index in [9.17, 15) is 4.79 Å². The predicted octanol–water partition coefficient (Wildman–Crippen LogP) is 3.66. The number of amides is 1. The van der Waals surface area contributed by atoms with Crippen LogP contribution in [0.4, 0.5) is 0 Å². The van der Waals surface area contributed by atoms with Crippen molar-refractivity contribution >= 4 is 11.6 Å². The highest BCUT2D eigenvalue weighted by Gasteiger charge is 2.50. The molecule has 25 heavy (non-hydrogen) atoms. The molecule has 5 nitrogen and oxygen atoms in total. The van der Waals surface area contributed by atoms with Crippen LogP contribution in [0.5, 0.6) is 0 Å². The van der Waals surface area contributed by atoms with E-state index in [0.717, 1.165) is 30.1 Å². The summed E-state index contributed by atoms with van der Waals surface area (Å²) in [7, 11) is 0. The summed E-state index contributed by atoms with van der Waals surface area (Å²) in [5.41, 5.74) is 0.997. The number of carbonyl (C=O) groups is 1. The van der Waals surface area contributed by atoms with E-state index in [2.05, 4.69) is 10.5 Å². The molecule has 1 amide bonds. The van der Waals surface area contributed by atoms with Crippen LogP contribution < -0.4 is 5.32 Å². The van der Waals surface area contributed by atoms with Gasteiger partial charge in [-0.2, -0.15) is 0 Å². The number of furan rings is 1.